The van der Waals surface area contributed by atoms with E-state index in [2.05, 4.69) is 5.10 Å². The second-order valence-corrected chi connectivity index (χ2v) is 5.76. The van der Waals surface area contributed by atoms with Gasteiger partial charge in [-0.15, -0.1) is 0 Å². The van der Waals surface area contributed by atoms with Gasteiger partial charge >= 0.3 is 0 Å². The second-order valence-electron chi connectivity index (χ2n) is 5.76. The summed E-state index contributed by atoms with van der Waals surface area (Å²) in [5.74, 6) is -0.0524. The summed E-state index contributed by atoms with van der Waals surface area (Å²) in [6, 6.07) is 0. The van der Waals surface area contributed by atoms with Crippen molar-refractivity contribution in [3.05, 3.63) is 17.0 Å². The zero-order chi connectivity index (χ0) is 14.2. The van der Waals surface area contributed by atoms with E-state index in [0.29, 0.717) is 12.1 Å². The zero-order valence-corrected chi connectivity index (χ0v) is 12.2. The van der Waals surface area contributed by atoms with Crippen molar-refractivity contribution in [2.45, 2.75) is 45.1 Å². The number of rotatable bonds is 3. The molecule has 0 radical (unpaired) electrons. The lowest BCUT2D eigenvalue weighted by molar-refractivity contribution is 0.0156. The number of carbonyl (C=O) groups excluding carboxylic acids is 1. The zero-order valence-electron chi connectivity index (χ0n) is 12.2. The molecule has 106 valence electrons. The second kappa shape index (κ2) is 4.96. The Morgan fingerprint density at radius 3 is 2.47 bits per heavy atom. The van der Waals surface area contributed by atoms with Gasteiger partial charge in [-0.2, -0.15) is 5.10 Å². The van der Waals surface area contributed by atoms with Crippen LogP contribution in [0.4, 0.5) is 0 Å². The molecule has 5 nitrogen and oxygen atoms in total. The average molecular weight is 265 g/mol. The van der Waals surface area contributed by atoms with Crippen molar-refractivity contribution in [3.63, 3.8) is 0 Å². The molecule has 0 bridgehead atoms. The monoisotopic (exact) mass is 265 g/mol. The Morgan fingerprint density at radius 1 is 1.42 bits per heavy atom. The summed E-state index contributed by atoms with van der Waals surface area (Å²) in [5, 5.41) is 14.7. The molecule has 5 heteroatoms. The molecule has 1 heterocycles. The number of aromatic nitrogens is 2. The normalized spacial score (nSPS) is 17.7. The smallest absolute Gasteiger partial charge is 0.257 e. The van der Waals surface area contributed by atoms with Gasteiger partial charge in [0.05, 0.1) is 16.9 Å². The van der Waals surface area contributed by atoms with Crippen LogP contribution in [0.5, 0.6) is 0 Å². The van der Waals surface area contributed by atoms with Crippen molar-refractivity contribution in [1.29, 1.82) is 0 Å². The summed E-state index contributed by atoms with van der Waals surface area (Å²) in [6.07, 6.45) is 3.66. The van der Waals surface area contributed by atoms with Gasteiger partial charge in [-0.05, 0) is 26.7 Å². The number of aliphatic hydroxyl groups is 1. The standard InChI is InChI=1S/C14H23N3O2/c1-10-12(11(2)17(4)15-10)13(18)16(3)9-14(19)7-5-6-8-14/h19H,5-9H2,1-4H3. The SMILES string of the molecule is Cc1nn(C)c(C)c1C(=O)N(C)CC1(O)CCCC1. The topological polar surface area (TPSA) is 58.4 Å². The quantitative estimate of drug-likeness (QED) is 0.899. The van der Waals surface area contributed by atoms with E-state index in [9.17, 15) is 9.90 Å². The molecule has 0 aromatic carbocycles. The molecule has 0 saturated heterocycles. The third-order valence-electron chi connectivity index (χ3n) is 4.14. The van der Waals surface area contributed by atoms with Crippen LogP contribution in [0.1, 0.15) is 47.4 Å². The molecule has 1 aromatic rings. The molecule has 19 heavy (non-hydrogen) atoms. The molecule has 0 spiro atoms. The van der Waals surface area contributed by atoms with Crippen LogP contribution in [0.2, 0.25) is 0 Å². The number of hydrogen-bond donors (Lipinski definition) is 1. The van der Waals surface area contributed by atoms with E-state index >= 15 is 0 Å². The van der Waals surface area contributed by atoms with E-state index in [1.165, 1.54) is 0 Å². The predicted molar refractivity (Wildman–Crippen MR) is 73.1 cm³/mol. The van der Waals surface area contributed by atoms with Crippen molar-refractivity contribution in [2.75, 3.05) is 13.6 Å². The van der Waals surface area contributed by atoms with Gasteiger partial charge in [0.25, 0.3) is 5.91 Å². The first-order valence-corrected chi connectivity index (χ1v) is 6.82. The molecule has 0 atom stereocenters. The molecule has 1 saturated carbocycles. The van der Waals surface area contributed by atoms with Crippen molar-refractivity contribution < 1.29 is 9.90 Å². The highest BCUT2D eigenvalue weighted by molar-refractivity contribution is 5.96. The Morgan fingerprint density at radius 2 is 2.00 bits per heavy atom. The third-order valence-corrected chi connectivity index (χ3v) is 4.14. The minimum atomic E-state index is -0.700. The van der Waals surface area contributed by atoms with Gasteiger partial charge in [0, 0.05) is 26.3 Å². The van der Waals surface area contributed by atoms with Crippen molar-refractivity contribution >= 4 is 5.91 Å². The maximum atomic E-state index is 12.5. The highest BCUT2D eigenvalue weighted by Gasteiger charge is 2.34. The summed E-state index contributed by atoms with van der Waals surface area (Å²) >= 11 is 0. The molecular weight excluding hydrogens is 242 g/mol. The van der Waals surface area contributed by atoms with Gasteiger partial charge in [0.15, 0.2) is 0 Å². The molecule has 1 aromatic heterocycles. The minimum absolute atomic E-state index is 0.0524. The number of nitrogens with zero attached hydrogens (tertiary/aromatic N) is 3. The molecule has 0 aliphatic heterocycles. The maximum absolute atomic E-state index is 12.5. The van der Waals surface area contributed by atoms with Gasteiger partial charge in [0.1, 0.15) is 0 Å². The highest BCUT2D eigenvalue weighted by Crippen LogP contribution is 2.30. The Bertz CT molecular complexity index is 487. The van der Waals surface area contributed by atoms with Crippen LogP contribution in [0.3, 0.4) is 0 Å². The van der Waals surface area contributed by atoms with E-state index in [1.807, 2.05) is 20.9 Å². The van der Waals surface area contributed by atoms with E-state index in [4.69, 9.17) is 0 Å². The lowest BCUT2D eigenvalue weighted by Gasteiger charge is -2.28. The van der Waals surface area contributed by atoms with Crippen molar-refractivity contribution in [1.82, 2.24) is 14.7 Å². The fourth-order valence-corrected chi connectivity index (χ4v) is 2.98. The van der Waals surface area contributed by atoms with Gasteiger partial charge in [-0.1, -0.05) is 12.8 Å². The average Bonchev–Trinajstić information content (AvgIpc) is 2.84. The largest absolute Gasteiger partial charge is 0.388 e. The van der Waals surface area contributed by atoms with Crippen molar-refractivity contribution in [2.24, 2.45) is 7.05 Å². The summed E-state index contributed by atoms with van der Waals surface area (Å²) in [6.45, 7) is 4.14. The summed E-state index contributed by atoms with van der Waals surface area (Å²) in [4.78, 5) is 14.1. The number of carbonyl (C=O) groups is 1. The number of aryl methyl sites for hydroxylation is 2. The summed E-state index contributed by atoms with van der Waals surface area (Å²) < 4.78 is 1.72. The first-order chi connectivity index (χ1) is 8.84. The minimum Gasteiger partial charge on any atom is -0.388 e. The van der Waals surface area contributed by atoms with Gasteiger partial charge in [0.2, 0.25) is 0 Å². The lowest BCUT2D eigenvalue weighted by atomic mass is 10.0. The van der Waals surface area contributed by atoms with Crippen LogP contribution in [0.15, 0.2) is 0 Å². The first kappa shape index (κ1) is 14.1. The van der Waals surface area contributed by atoms with E-state index in [0.717, 1.165) is 37.1 Å². The fourth-order valence-electron chi connectivity index (χ4n) is 2.98. The molecular formula is C14H23N3O2. The highest BCUT2D eigenvalue weighted by atomic mass is 16.3. The van der Waals surface area contributed by atoms with Crippen LogP contribution in [0, 0.1) is 13.8 Å². The fraction of sp³-hybridized carbons (Fsp3) is 0.714. The molecule has 1 N–H and O–H groups in total. The Hall–Kier alpha value is -1.36. The van der Waals surface area contributed by atoms with Gasteiger partial charge in [-0.3, -0.25) is 9.48 Å². The van der Waals surface area contributed by atoms with Gasteiger partial charge in [-0.25, -0.2) is 0 Å². The molecule has 1 amide bonds. The molecule has 2 rings (SSSR count). The van der Waals surface area contributed by atoms with Crippen LogP contribution < -0.4 is 0 Å². The summed E-state index contributed by atoms with van der Waals surface area (Å²) in [7, 11) is 3.59. The van der Waals surface area contributed by atoms with E-state index in [-0.39, 0.29) is 5.91 Å². The Balaban J connectivity index is 2.15. The van der Waals surface area contributed by atoms with Gasteiger partial charge < -0.3 is 10.0 Å². The Labute approximate surface area is 114 Å². The third kappa shape index (κ3) is 2.66. The number of amides is 1. The lowest BCUT2D eigenvalue weighted by Crippen LogP contribution is -2.42. The molecule has 1 aliphatic rings. The van der Waals surface area contributed by atoms with Crippen LogP contribution >= 0.6 is 0 Å². The predicted octanol–water partition coefficient (Wildman–Crippen LogP) is 1.41. The summed E-state index contributed by atoms with van der Waals surface area (Å²) in [5.41, 5.74) is 1.57. The van der Waals surface area contributed by atoms with Crippen molar-refractivity contribution in [3.8, 4) is 0 Å². The van der Waals surface area contributed by atoms with E-state index in [1.54, 1.807) is 16.6 Å². The molecule has 1 aliphatic carbocycles. The number of hydrogen-bond acceptors (Lipinski definition) is 3. The van der Waals surface area contributed by atoms with Crippen LogP contribution in [-0.2, 0) is 7.05 Å². The first-order valence-electron chi connectivity index (χ1n) is 6.82. The van der Waals surface area contributed by atoms with E-state index < -0.39 is 5.60 Å². The van der Waals surface area contributed by atoms with Crippen LogP contribution in [0.25, 0.3) is 0 Å². The Kier molecular flexibility index (Phi) is 3.67. The molecule has 1 fully saturated rings. The maximum Gasteiger partial charge on any atom is 0.257 e. The molecule has 0 unspecified atom stereocenters. The number of likely N-dealkylation sites (N-methyl/N-ethyl adjacent to an activating group) is 1. The van der Waals surface area contributed by atoms with Crippen LogP contribution in [-0.4, -0.2) is 44.9 Å².